The minimum Gasteiger partial charge on any atom is -0.352 e. The summed E-state index contributed by atoms with van der Waals surface area (Å²) in [7, 11) is 0. The molecule has 0 bridgehead atoms. The SMILES string of the molecule is Cl.O=C(NC1CCNC1)[C@@H]1CCCNC1. The Labute approximate surface area is 97.0 Å². The third-order valence-electron chi connectivity index (χ3n) is 3.07. The van der Waals surface area contributed by atoms with E-state index in [-0.39, 0.29) is 24.2 Å². The molecule has 4 nitrogen and oxygen atoms in total. The molecule has 2 rings (SSSR count). The van der Waals surface area contributed by atoms with E-state index < -0.39 is 0 Å². The van der Waals surface area contributed by atoms with Gasteiger partial charge in [0.1, 0.15) is 0 Å². The Kier molecular flexibility index (Phi) is 5.36. The molecular formula is C10H20ClN3O. The van der Waals surface area contributed by atoms with E-state index in [9.17, 15) is 4.79 Å². The van der Waals surface area contributed by atoms with Crippen LogP contribution in [0, 0.1) is 5.92 Å². The van der Waals surface area contributed by atoms with Crippen molar-refractivity contribution in [3.8, 4) is 0 Å². The third-order valence-corrected chi connectivity index (χ3v) is 3.07. The van der Waals surface area contributed by atoms with Crippen molar-refractivity contribution in [2.45, 2.75) is 25.3 Å². The van der Waals surface area contributed by atoms with Crippen molar-refractivity contribution < 1.29 is 4.79 Å². The monoisotopic (exact) mass is 233 g/mol. The molecule has 3 N–H and O–H groups in total. The molecule has 2 saturated heterocycles. The van der Waals surface area contributed by atoms with E-state index in [4.69, 9.17) is 0 Å². The molecule has 0 spiro atoms. The van der Waals surface area contributed by atoms with Crippen molar-refractivity contribution in [1.82, 2.24) is 16.0 Å². The van der Waals surface area contributed by atoms with Crippen LogP contribution in [0.15, 0.2) is 0 Å². The summed E-state index contributed by atoms with van der Waals surface area (Å²) in [5.41, 5.74) is 0. The summed E-state index contributed by atoms with van der Waals surface area (Å²) in [6.45, 7) is 3.89. The van der Waals surface area contributed by atoms with Crippen LogP contribution >= 0.6 is 12.4 Å². The molecule has 15 heavy (non-hydrogen) atoms. The highest BCUT2D eigenvalue weighted by atomic mass is 35.5. The van der Waals surface area contributed by atoms with Crippen molar-refractivity contribution in [2.24, 2.45) is 5.92 Å². The largest absolute Gasteiger partial charge is 0.352 e. The first-order valence-electron chi connectivity index (χ1n) is 5.58. The van der Waals surface area contributed by atoms with Crippen molar-refractivity contribution in [1.29, 1.82) is 0 Å². The molecule has 2 aliphatic heterocycles. The van der Waals surface area contributed by atoms with Gasteiger partial charge in [0.2, 0.25) is 5.91 Å². The standard InChI is InChI=1S/C10H19N3O.ClH/c14-10(8-2-1-4-11-6-8)13-9-3-5-12-7-9;/h8-9,11-12H,1-7H2,(H,13,14);1H/t8-,9?;/m1./s1. The Balaban J connectivity index is 0.00000112. The van der Waals surface area contributed by atoms with Crippen molar-refractivity contribution in [3.05, 3.63) is 0 Å². The van der Waals surface area contributed by atoms with Gasteiger partial charge in [0, 0.05) is 19.1 Å². The fraction of sp³-hybridized carbons (Fsp3) is 0.900. The van der Waals surface area contributed by atoms with Gasteiger partial charge in [0.25, 0.3) is 0 Å². The number of halogens is 1. The molecule has 0 saturated carbocycles. The molecule has 2 heterocycles. The van der Waals surface area contributed by atoms with Crippen LogP contribution in [-0.4, -0.2) is 38.1 Å². The summed E-state index contributed by atoms with van der Waals surface area (Å²) in [5, 5.41) is 9.62. The molecule has 0 aromatic heterocycles. The number of hydrogen-bond donors (Lipinski definition) is 3. The van der Waals surface area contributed by atoms with Crippen LogP contribution in [0.1, 0.15) is 19.3 Å². The first-order valence-corrected chi connectivity index (χ1v) is 5.58. The zero-order valence-corrected chi connectivity index (χ0v) is 9.74. The van der Waals surface area contributed by atoms with Crippen molar-refractivity contribution in [2.75, 3.05) is 26.2 Å². The predicted molar refractivity (Wildman–Crippen MR) is 62.3 cm³/mol. The lowest BCUT2D eigenvalue weighted by atomic mass is 9.98. The summed E-state index contributed by atoms with van der Waals surface area (Å²) in [4.78, 5) is 11.8. The highest BCUT2D eigenvalue weighted by Crippen LogP contribution is 2.10. The fourth-order valence-corrected chi connectivity index (χ4v) is 2.17. The molecule has 0 aromatic rings. The molecule has 1 unspecified atom stereocenters. The second-order valence-electron chi connectivity index (χ2n) is 4.24. The average Bonchev–Trinajstić information content (AvgIpc) is 2.72. The lowest BCUT2D eigenvalue weighted by molar-refractivity contribution is -0.126. The van der Waals surface area contributed by atoms with E-state index in [0.717, 1.165) is 45.4 Å². The lowest BCUT2D eigenvalue weighted by Gasteiger charge is -2.23. The van der Waals surface area contributed by atoms with Crippen LogP contribution in [0.3, 0.4) is 0 Å². The van der Waals surface area contributed by atoms with Gasteiger partial charge in [-0.2, -0.15) is 0 Å². The van der Waals surface area contributed by atoms with E-state index in [2.05, 4.69) is 16.0 Å². The number of hydrogen-bond acceptors (Lipinski definition) is 3. The van der Waals surface area contributed by atoms with Crippen molar-refractivity contribution >= 4 is 18.3 Å². The summed E-state index contributed by atoms with van der Waals surface area (Å²) in [6.07, 6.45) is 3.24. The van der Waals surface area contributed by atoms with E-state index >= 15 is 0 Å². The molecule has 88 valence electrons. The number of carbonyl (C=O) groups is 1. The minimum absolute atomic E-state index is 0. The predicted octanol–water partition coefficient (Wildman–Crippen LogP) is -0.114. The molecule has 1 amide bonds. The molecular weight excluding hydrogens is 214 g/mol. The number of carbonyl (C=O) groups excluding carboxylic acids is 1. The van der Waals surface area contributed by atoms with Gasteiger partial charge in [-0.3, -0.25) is 4.79 Å². The highest BCUT2D eigenvalue weighted by Gasteiger charge is 2.24. The van der Waals surface area contributed by atoms with Crippen molar-refractivity contribution in [3.63, 3.8) is 0 Å². The topological polar surface area (TPSA) is 53.2 Å². The van der Waals surface area contributed by atoms with Crippen LogP contribution in [0.5, 0.6) is 0 Å². The maximum atomic E-state index is 11.8. The van der Waals surface area contributed by atoms with E-state index in [1.165, 1.54) is 0 Å². The molecule has 2 aliphatic rings. The smallest absolute Gasteiger partial charge is 0.224 e. The van der Waals surface area contributed by atoms with E-state index in [0.29, 0.717) is 6.04 Å². The minimum atomic E-state index is 0. The van der Waals surface area contributed by atoms with Gasteiger partial charge in [-0.15, -0.1) is 12.4 Å². The van der Waals surface area contributed by atoms with Gasteiger partial charge in [-0.25, -0.2) is 0 Å². The normalized spacial score (nSPS) is 30.7. The first kappa shape index (κ1) is 12.7. The number of piperidine rings is 1. The van der Waals surface area contributed by atoms with Gasteiger partial charge >= 0.3 is 0 Å². The van der Waals surface area contributed by atoms with Gasteiger partial charge in [-0.05, 0) is 32.4 Å². The van der Waals surface area contributed by atoms with Crippen LogP contribution in [0.2, 0.25) is 0 Å². The number of nitrogens with one attached hydrogen (secondary N) is 3. The molecule has 0 radical (unpaired) electrons. The second-order valence-corrected chi connectivity index (χ2v) is 4.24. The van der Waals surface area contributed by atoms with Gasteiger partial charge in [0.05, 0.1) is 5.92 Å². The van der Waals surface area contributed by atoms with Crippen LogP contribution < -0.4 is 16.0 Å². The Bertz CT molecular complexity index is 201. The maximum absolute atomic E-state index is 11.8. The second kappa shape index (κ2) is 6.30. The Morgan fingerprint density at radius 2 is 1.93 bits per heavy atom. The summed E-state index contributed by atoms with van der Waals surface area (Å²) >= 11 is 0. The molecule has 0 aromatic carbocycles. The van der Waals surface area contributed by atoms with Crippen LogP contribution in [-0.2, 0) is 4.79 Å². The first-order chi connectivity index (χ1) is 6.86. The summed E-state index contributed by atoms with van der Waals surface area (Å²) in [5.74, 6) is 0.440. The molecule has 2 fully saturated rings. The van der Waals surface area contributed by atoms with Crippen LogP contribution in [0.4, 0.5) is 0 Å². The number of amides is 1. The quantitative estimate of drug-likeness (QED) is 0.624. The Morgan fingerprint density at radius 3 is 2.53 bits per heavy atom. The molecule has 2 atom stereocenters. The molecule has 0 aliphatic carbocycles. The summed E-state index contributed by atoms with van der Waals surface area (Å²) in [6, 6.07) is 0.365. The Morgan fingerprint density at radius 1 is 1.13 bits per heavy atom. The third kappa shape index (κ3) is 3.63. The van der Waals surface area contributed by atoms with Crippen LogP contribution in [0.25, 0.3) is 0 Å². The Hall–Kier alpha value is -0.320. The average molecular weight is 234 g/mol. The van der Waals surface area contributed by atoms with Gasteiger partial charge in [-0.1, -0.05) is 0 Å². The maximum Gasteiger partial charge on any atom is 0.224 e. The van der Waals surface area contributed by atoms with E-state index in [1.54, 1.807) is 0 Å². The molecule has 5 heteroatoms. The lowest BCUT2D eigenvalue weighted by Crippen LogP contribution is -2.45. The fourth-order valence-electron chi connectivity index (χ4n) is 2.17. The number of rotatable bonds is 2. The van der Waals surface area contributed by atoms with E-state index in [1.807, 2.05) is 0 Å². The zero-order valence-electron chi connectivity index (χ0n) is 8.92. The summed E-state index contributed by atoms with van der Waals surface area (Å²) < 4.78 is 0. The van der Waals surface area contributed by atoms with Gasteiger partial charge < -0.3 is 16.0 Å². The highest BCUT2D eigenvalue weighted by molar-refractivity contribution is 5.85. The van der Waals surface area contributed by atoms with Gasteiger partial charge in [0.15, 0.2) is 0 Å². The zero-order chi connectivity index (χ0) is 9.80.